The van der Waals surface area contributed by atoms with Gasteiger partial charge >= 0.3 is 0 Å². The second kappa shape index (κ2) is 11.7. The van der Waals surface area contributed by atoms with E-state index in [1.54, 1.807) is 6.92 Å². The first-order chi connectivity index (χ1) is 14.3. The van der Waals surface area contributed by atoms with Crippen LogP contribution in [-0.2, 0) is 17.6 Å². The Balaban J connectivity index is 2.56. The summed E-state index contributed by atoms with van der Waals surface area (Å²) in [5, 5.41) is 0. The lowest BCUT2D eigenvalue weighted by Gasteiger charge is -2.18. The highest BCUT2D eigenvalue weighted by molar-refractivity contribution is 5.79. The molecule has 5 heteroatoms. The van der Waals surface area contributed by atoms with Gasteiger partial charge in [0.2, 0.25) is 0 Å². The molecule has 0 aliphatic rings. The molecule has 0 amide bonds. The Hall–Kier alpha value is -2.37. The highest BCUT2D eigenvalue weighted by Crippen LogP contribution is 2.38. The molecule has 4 N–H and O–H groups in total. The van der Waals surface area contributed by atoms with E-state index in [9.17, 15) is 4.79 Å². The minimum Gasteiger partial charge on any atom is -0.492 e. The summed E-state index contributed by atoms with van der Waals surface area (Å²) in [6.45, 7) is 9.76. The summed E-state index contributed by atoms with van der Waals surface area (Å²) in [7, 11) is 0. The SMILES string of the molecule is CC(=O)[C@H](C)Cc1ccc(OCCN)c(-c2cc(CC(C)C)ccc2OCCN)c1. The number of carbonyl (C=O) groups is 1. The lowest BCUT2D eigenvalue weighted by molar-refractivity contribution is -0.120. The molecule has 0 radical (unpaired) electrons. The van der Waals surface area contributed by atoms with Crippen molar-refractivity contribution in [3.63, 3.8) is 0 Å². The second-order valence-electron chi connectivity index (χ2n) is 8.25. The molecule has 0 aliphatic carbocycles. The Morgan fingerprint density at radius 2 is 1.30 bits per heavy atom. The van der Waals surface area contributed by atoms with Gasteiger partial charge in [0.15, 0.2) is 0 Å². The maximum absolute atomic E-state index is 11.8. The summed E-state index contributed by atoms with van der Waals surface area (Å²) >= 11 is 0. The van der Waals surface area contributed by atoms with Crippen molar-refractivity contribution in [2.24, 2.45) is 23.3 Å². The molecule has 30 heavy (non-hydrogen) atoms. The monoisotopic (exact) mass is 412 g/mol. The quantitative estimate of drug-likeness (QED) is 0.550. The van der Waals surface area contributed by atoms with Crippen molar-refractivity contribution in [2.45, 2.75) is 40.5 Å². The normalized spacial score (nSPS) is 12.1. The maximum Gasteiger partial charge on any atom is 0.132 e. The van der Waals surface area contributed by atoms with Gasteiger partial charge in [-0.3, -0.25) is 4.79 Å². The Kier molecular flexibility index (Phi) is 9.34. The summed E-state index contributed by atoms with van der Waals surface area (Å²) < 4.78 is 11.9. The van der Waals surface area contributed by atoms with Crippen molar-refractivity contribution < 1.29 is 14.3 Å². The minimum absolute atomic E-state index is 0.0334. The fraction of sp³-hybridized carbons (Fsp3) is 0.480. The number of hydrogen-bond donors (Lipinski definition) is 2. The van der Waals surface area contributed by atoms with E-state index in [1.807, 2.05) is 25.1 Å². The topological polar surface area (TPSA) is 87.6 Å². The molecule has 0 saturated heterocycles. The van der Waals surface area contributed by atoms with Crippen molar-refractivity contribution in [3.8, 4) is 22.6 Å². The molecule has 0 bridgehead atoms. The Bertz CT molecular complexity index is 833. The van der Waals surface area contributed by atoms with Gasteiger partial charge in [-0.2, -0.15) is 0 Å². The van der Waals surface area contributed by atoms with Gasteiger partial charge in [-0.05, 0) is 61.1 Å². The van der Waals surface area contributed by atoms with E-state index in [-0.39, 0.29) is 11.7 Å². The summed E-state index contributed by atoms with van der Waals surface area (Å²) in [6.07, 6.45) is 1.66. The first kappa shape index (κ1) is 23.9. The van der Waals surface area contributed by atoms with Gasteiger partial charge in [0, 0.05) is 30.1 Å². The zero-order valence-corrected chi connectivity index (χ0v) is 18.7. The van der Waals surface area contributed by atoms with Gasteiger partial charge in [0.05, 0.1) is 0 Å². The fourth-order valence-electron chi connectivity index (χ4n) is 3.39. The van der Waals surface area contributed by atoms with Crippen LogP contribution in [0.4, 0.5) is 0 Å². The third-order valence-corrected chi connectivity index (χ3v) is 5.01. The third kappa shape index (κ3) is 6.85. The predicted octanol–water partition coefficient (Wildman–Crippen LogP) is 3.99. The van der Waals surface area contributed by atoms with Crippen molar-refractivity contribution in [1.29, 1.82) is 0 Å². The zero-order chi connectivity index (χ0) is 22.1. The Morgan fingerprint density at radius 3 is 1.70 bits per heavy atom. The van der Waals surface area contributed by atoms with Crippen LogP contribution in [0.25, 0.3) is 11.1 Å². The largest absolute Gasteiger partial charge is 0.492 e. The van der Waals surface area contributed by atoms with Gasteiger partial charge in [-0.1, -0.05) is 32.9 Å². The lowest BCUT2D eigenvalue weighted by atomic mass is 9.92. The first-order valence-corrected chi connectivity index (χ1v) is 10.8. The summed E-state index contributed by atoms with van der Waals surface area (Å²) in [6, 6.07) is 12.4. The average Bonchev–Trinajstić information content (AvgIpc) is 2.71. The van der Waals surface area contributed by atoms with Crippen LogP contribution in [0.15, 0.2) is 36.4 Å². The molecular formula is C25H36N2O3. The molecule has 2 rings (SSSR count). The van der Waals surface area contributed by atoms with Crippen LogP contribution in [0, 0.1) is 11.8 Å². The minimum atomic E-state index is -0.0334. The van der Waals surface area contributed by atoms with Crippen LogP contribution in [-0.4, -0.2) is 32.1 Å². The molecule has 0 unspecified atom stereocenters. The number of ketones is 1. The standard InChI is InChI=1S/C25H36N2O3/c1-17(2)13-20-5-7-24(29-11-9-26)22(15-20)23-16-21(14-18(3)19(4)28)6-8-25(23)30-12-10-27/h5-8,15-18H,9-14,26-27H2,1-4H3/t18-/m1/s1. The number of benzene rings is 2. The van der Waals surface area contributed by atoms with Crippen LogP contribution < -0.4 is 20.9 Å². The summed E-state index contributed by atoms with van der Waals surface area (Å²) in [4.78, 5) is 11.8. The molecule has 0 saturated carbocycles. The number of Topliss-reactive ketones (excluding diaryl/α,β-unsaturated/α-hetero) is 1. The molecule has 0 spiro atoms. The molecule has 0 fully saturated rings. The number of carbonyl (C=O) groups excluding carboxylic acids is 1. The number of ether oxygens (including phenoxy) is 2. The molecular weight excluding hydrogens is 376 g/mol. The number of rotatable bonds is 12. The molecule has 164 valence electrons. The van der Waals surface area contributed by atoms with E-state index in [1.165, 1.54) is 5.56 Å². The van der Waals surface area contributed by atoms with E-state index >= 15 is 0 Å². The molecule has 0 heterocycles. The first-order valence-electron chi connectivity index (χ1n) is 10.8. The molecule has 1 atom stereocenters. The van der Waals surface area contributed by atoms with Crippen LogP contribution in [0.2, 0.25) is 0 Å². The second-order valence-corrected chi connectivity index (χ2v) is 8.25. The van der Waals surface area contributed by atoms with E-state index in [0.29, 0.717) is 38.6 Å². The molecule has 2 aromatic carbocycles. The van der Waals surface area contributed by atoms with E-state index in [2.05, 4.69) is 32.0 Å². The van der Waals surface area contributed by atoms with Crippen molar-refractivity contribution in [2.75, 3.05) is 26.3 Å². The van der Waals surface area contributed by atoms with Crippen LogP contribution in [0.1, 0.15) is 38.8 Å². The van der Waals surface area contributed by atoms with E-state index in [0.717, 1.165) is 34.6 Å². The van der Waals surface area contributed by atoms with Gasteiger partial charge < -0.3 is 20.9 Å². The van der Waals surface area contributed by atoms with E-state index in [4.69, 9.17) is 20.9 Å². The summed E-state index contributed by atoms with van der Waals surface area (Å²) in [5.41, 5.74) is 15.6. The van der Waals surface area contributed by atoms with E-state index < -0.39 is 0 Å². The molecule has 2 aromatic rings. The molecule has 5 nitrogen and oxygen atoms in total. The molecule has 0 aromatic heterocycles. The van der Waals surface area contributed by atoms with Gasteiger partial charge in [-0.25, -0.2) is 0 Å². The predicted molar refractivity (Wildman–Crippen MR) is 123 cm³/mol. The van der Waals surface area contributed by atoms with Crippen molar-refractivity contribution in [3.05, 3.63) is 47.5 Å². The maximum atomic E-state index is 11.8. The smallest absolute Gasteiger partial charge is 0.132 e. The van der Waals surface area contributed by atoms with Crippen LogP contribution in [0.3, 0.4) is 0 Å². The Labute approximate surface area is 180 Å². The van der Waals surface area contributed by atoms with Crippen molar-refractivity contribution >= 4 is 5.78 Å². The number of hydrogen-bond acceptors (Lipinski definition) is 5. The third-order valence-electron chi connectivity index (χ3n) is 5.01. The van der Waals surface area contributed by atoms with Gasteiger partial charge in [-0.15, -0.1) is 0 Å². The average molecular weight is 413 g/mol. The van der Waals surface area contributed by atoms with Gasteiger partial charge in [0.1, 0.15) is 30.5 Å². The van der Waals surface area contributed by atoms with Gasteiger partial charge in [0.25, 0.3) is 0 Å². The van der Waals surface area contributed by atoms with Crippen molar-refractivity contribution in [1.82, 2.24) is 0 Å². The van der Waals surface area contributed by atoms with Crippen LogP contribution in [0.5, 0.6) is 11.5 Å². The highest BCUT2D eigenvalue weighted by atomic mass is 16.5. The molecule has 0 aliphatic heterocycles. The lowest BCUT2D eigenvalue weighted by Crippen LogP contribution is -2.13. The fourth-order valence-corrected chi connectivity index (χ4v) is 3.39. The number of nitrogens with two attached hydrogens (primary N) is 2. The Morgan fingerprint density at radius 1 is 0.833 bits per heavy atom. The zero-order valence-electron chi connectivity index (χ0n) is 18.7. The highest BCUT2D eigenvalue weighted by Gasteiger charge is 2.16. The summed E-state index contributed by atoms with van der Waals surface area (Å²) in [5.74, 6) is 2.24. The van der Waals surface area contributed by atoms with Crippen LogP contribution >= 0.6 is 0 Å².